The number of halogens is 1. The topological polar surface area (TPSA) is 56.5 Å². The predicted octanol–water partition coefficient (Wildman–Crippen LogP) is 4.91. The zero-order chi connectivity index (χ0) is 18.1. The Morgan fingerprint density at radius 3 is 2.60 bits per heavy atom. The number of carbonyl (C=O) groups excluding carboxylic acids is 1. The number of hydrogen-bond acceptors (Lipinski definition) is 4. The summed E-state index contributed by atoms with van der Waals surface area (Å²) < 4.78 is 11.1. The van der Waals surface area contributed by atoms with Gasteiger partial charge in [0, 0.05) is 23.6 Å². The van der Waals surface area contributed by atoms with E-state index < -0.39 is 5.97 Å². The highest BCUT2D eigenvalue weighted by Gasteiger charge is 2.18. The maximum absolute atomic E-state index is 13.1. The minimum Gasteiger partial charge on any atom is -0.460 e. The molecule has 25 heavy (non-hydrogen) atoms. The molecule has 128 valence electrons. The van der Waals surface area contributed by atoms with Crippen molar-refractivity contribution in [2.75, 3.05) is 0 Å². The van der Waals surface area contributed by atoms with Crippen molar-refractivity contribution in [3.63, 3.8) is 0 Å². The maximum Gasteiger partial charge on any atom is 0.308 e. The summed E-state index contributed by atoms with van der Waals surface area (Å²) in [5.41, 5.74) is 2.08. The molecule has 0 aliphatic carbocycles. The second kappa shape index (κ2) is 6.73. The largest absolute Gasteiger partial charge is 0.460 e. The number of carbonyl (C=O) groups is 1. The third-order valence-electron chi connectivity index (χ3n) is 4.03. The van der Waals surface area contributed by atoms with E-state index in [1.165, 1.54) is 6.92 Å². The molecule has 1 heterocycles. The minimum absolute atomic E-state index is 0.157. The summed E-state index contributed by atoms with van der Waals surface area (Å²) in [6.07, 6.45) is 0.618. The van der Waals surface area contributed by atoms with Gasteiger partial charge in [0.1, 0.15) is 17.1 Å². The van der Waals surface area contributed by atoms with Crippen molar-refractivity contribution >= 4 is 28.5 Å². The van der Waals surface area contributed by atoms with Gasteiger partial charge in [-0.3, -0.25) is 9.59 Å². The highest BCUT2D eigenvalue weighted by molar-refractivity contribution is 6.33. The molecule has 3 aromatic rings. The van der Waals surface area contributed by atoms with Crippen molar-refractivity contribution in [2.45, 2.75) is 27.2 Å². The molecule has 1 aromatic heterocycles. The molecule has 2 aromatic carbocycles. The van der Waals surface area contributed by atoms with Crippen molar-refractivity contribution in [3.05, 3.63) is 63.0 Å². The van der Waals surface area contributed by atoms with Gasteiger partial charge in [0.2, 0.25) is 5.43 Å². The van der Waals surface area contributed by atoms with Crippen LogP contribution in [0.3, 0.4) is 0 Å². The molecule has 0 amide bonds. The quantitative estimate of drug-likeness (QED) is 0.494. The SMILES string of the molecule is CCc1cc2c(=O)c(-c3ccccc3Cl)c(C)oc2cc1OC(C)=O. The van der Waals surface area contributed by atoms with E-state index in [1.54, 1.807) is 31.2 Å². The van der Waals surface area contributed by atoms with Crippen molar-refractivity contribution < 1.29 is 13.9 Å². The first kappa shape index (κ1) is 17.2. The molecule has 0 spiro atoms. The van der Waals surface area contributed by atoms with Gasteiger partial charge in [0.15, 0.2) is 0 Å². The van der Waals surface area contributed by atoms with Crippen LogP contribution in [0.5, 0.6) is 5.75 Å². The number of rotatable bonds is 3. The van der Waals surface area contributed by atoms with Crippen LogP contribution < -0.4 is 10.2 Å². The molecular formula is C20H17ClO4. The van der Waals surface area contributed by atoms with E-state index in [4.69, 9.17) is 20.8 Å². The van der Waals surface area contributed by atoms with Gasteiger partial charge in [-0.05, 0) is 31.0 Å². The summed E-state index contributed by atoms with van der Waals surface area (Å²) in [6.45, 7) is 4.99. The Labute approximate surface area is 150 Å². The lowest BCUT2D eigenvalue weighted by atomic mass is 10.0. The molecule has 5 heteroatoms. The second-order valence-corrected chi connectivity index (χ2v) is 6.15. The number of esters is 1. The maximum atomic E-state index is 13.1. The van der Waals surface area contributed by atoms with Gasteiger partial charge in [-0.2, -0.15) is 0 Å². The highest BCUT2D eigenvalue weighted by atomic mass is 35.5. The van der Waals surface area contributed by atoms with E-state index in [0.29, 0.717) is 45.0 Å². The standard InChI is InChI=1S/C20H17ClO4/c1-4-13-9-15-18(10-17(13)25-12(3)22)24-11(2)19(20(15)23)14-7-5-6-8-16(14)21/h5-10H,4H2,1-3H3. The average Bonchev–Trinajstić information content (AvgIpc) is 2.55. The first-order chi connectivity index (χ1) is 11.9. The molecule has 0 N–H and O–H groups in total. The molecule has 0 aliphatic rings. The van der Waals surface area contributed by atoms with E-state index >= 15 is 0 Å². The predicted molar refractivity (Wildman–Crippen MR) is 98.4 cm³/mol. The number of hydrogen-bond donors (Lipinski definition) is 0. The van der Waals surface area contributed by atoms with Crippen LogP contribution in [0.2, 0.25) is 5.02 Å². The van der Waals surface area contributed by atoms with E-state index in [1.807, 2.05) is 19.1 Å². The first-order valence-corrected chi connectivity index (χ1v) is 8.33. The van der Waals surface area contributed by atoms with Gasteiger partial charge >= 0.3 is 5.97 Å². The molecule has 0 bridgehead atoms. The summed E-state index contributed by atoms with van der Waals surface area (Å²) in [7, 11) is 0. The van der Waals surface area contributed by atoms with Gasteiger partial charge in [-0.15, -0.1) is 0 Å². The molecular weight excluding hydrogens is 340 g/mol. The van der Waals surface area contributed by atoms with Crippen molar-refractivity contribution in [1.29, 1.82) is 0 Å². The Balaban J connectivity index is 2.32. The van der Waals surface area contributed by atoms with Crippen LogP contribution in [-0.4, -0.2) is 5.97 Å². The number of aryl methyl sites for hydroxylation is 2. The van der Waals surface area contributed by atoms with Crippen molar-refractivity contribution in [2.24, 2.45) is 0 Å². The van der Waals surface area contributed by atoms with Gasteiger partial charge in [-0.1, -0.05) is 36.7 Å². The van der Waals surface area contributed by atoms with Crippen LogP contribution in [-0.2, 0) is 11.2 Å². The lowest BCUT2D eigenvalue weighted by Gasteiger charge is -2.12. The molecule has 3 rings (SSSR count). The molecule has 0 saturated carbocycles. The second-order valence-electron chi connectivity index (χ2n) is 5.75. The van der Waals surface area contributed by atoms with Crippen LogP contribution >= 0.6 is 11.6 Å². The van der Waals surface area contributed by atoms with Crippen LogP contribution in [0.25, 0.3) is 22.1 Å². The summed E-state index contributed by atoms with van der Waals surface area (Å²) in [5.74, 6) is 0.458. The van der Waals surface area contributed by atoms with Crippen LogP contribution in [0, 0.1) is 6.92 Å². The van der Waals surface area contributed by atoms with Gasteiger partial charge in [-0.25, -0.2) is 0 Å². The van der Waals surface area contributed by atoms with E-state index in [2.05, 4.69) is 0 Å². The van der Waals surface area contributed by atoms with Gasteiger partial charge < -0.3 is 9.15 Å². The number of ether oxygens (including phenoxy) is 1. The smallest absolute Gasteiger partial charge is 0.308 e. The van der Waals surface area contributed by atoms with E-state index in [-0.39, 0.29) is 5.43 Å². The van der Waals surface area contributed by atoms with E-state index in [0.717, 1.165) is 5.56 Å². The fourth-order valence-corrected chi connectivity index (χ4v) is 3.11. The summed E-state index contributed by atoms with van der Waals surface area (Å²) >= 11 is 6.26. The molecule has 0 atom stereocenters. The van der Waals surface area contributed by atoms with Crippen LogP contribution in [0.1, 0.15) is 25.2 Å². The fourth-order valence-electron chi connectivity index (χ4n) is 2.88. The molecule has 0 saturated heterocycles. The Morgan fingerprint density at radius 1 is 1.24 bits per heavy atom. The normalized spacial score (nSPS) is 10.9. The summed E-state index contributed by atoms with van der Waals surface area (Å²) in [6, 6.07) is 10.5. The fraction of sp³-hybridized carbons (Fsp3) is 0.200. The highest BCUT2D eigenvalue weighted by Crippen LogP contribution is 2.32. The monoisotopic (exact) mass is 356 g/mol. The Morgan fingerprint density at radius 2 is 1.96 bits per heavy atom. The molecule has 0 unspecified atom stereocenters. The zero-order valence-corrected chi connectivity index (χ0v) is 14.9. The average molecular weight is 357 g/mol. The third-order valence-corrected chi connectivity index (χ3v) is 4.36. The van der Waals surface area contributed by atoms with Crippen LogP contribution in [0.15, 0.2) is 45.6 Å². The van der Waals surface area contributed by atoms with E-state index in [9.17, 15) is 9.59 Å². The van der Waals surface area contributed by atoms with Crippen molar-refractivity contribution in [3.8, 4) is 16.9 Å². The zero-order valence-electron chi connectivity index (χ0n) is 14.2. The lowest BCUT2D eigenvalue weighted by Crippen LogP contribution is -2.10. The number of fused-ring (bicyclic) bond motifs is 1. The van der Waals surface area contributed by atoms with Gasteiger partial charge in [0.25, 0.3) is 0 Å². The first-order valence-electron chi connectivity index (χ1n) is 7.96. The minimum atomic E-state index is -0.416. The van der Waals surface area contributed by atoms with Gasteiger partial charge in [0.05, 0.1) is 10.9 Å². The molecule has 0 radical (unpaired) electrons. The summed E-state index contributed by atoms with van der Waals surface area (Å²) in [4.78, 5) is 24.4. The molecule has 4 nitrogen and oxygen atoms in total. The van der Waals surface area contributed by atoms with Crippen LogP contribution in [0.4, 0.5) is 0 Å². The Kier molecular flexibility index (Phi) is 4.64. The summed E-state index contributed by atoms with van der Waals surface area (Å²) in [5, 5.41) is 0.928. The molecule has 0 fully saturated rings. The van der Waals surface area contributed by atoms with Crippen molar-refractivity contribution in [1.82, 2.24) is 0 Å². The third kappa shape index (κ3) is 3.17. The Bertz CT molecular complexity index is 1030. The lowest BCUT2D eigenvalue weighted by molar-refractivity contribution is -0.131. The number of benzene rings is 2. The Hall–Kier alpha value is -2.59. The molecule has 0 aliphatic heterocycles.